The molecule has 0 radical (unpaired) electrons. The zero-order valence-electron chi connectivity index (χ0n) is 14.0. The topological polar surface area (TPSA) is 119 Å². The van der Waals surface area contributed by atoms with Crippen molar-refractivity contribution in [3.8, 4) is 0 Å². The molecule has 0 bridgehead atoms. The summed E-state index contributed by atoms with van der Waals surface area (Å²) in [7, 11) is 0. The van der Waals surface area contributed by atoms with Gasteiger partial charge in [0.2, 0.25) is 0 Å². The molecule has 5 N–H and O–H groups in total. The van der Waals surface area contributed by atoms with Crippen LogP contribution in [0.2, 0.25) is 0 Å². The number of rotatable bonds is 0. The second-order valence-electron chi connectivity index (χ2n) is 2.82. The minimum Gasteiger partial charge on any atom is -0.248 e. The van der Waals surface area contributed by atoms with Crippen molar-refractivity contribution in [1.29, 1.82) is 27.0 Å². The van der Waals surface area contributed by atoms with Crippen LogP contribution in [0, 0.1) is 27.0 Å². The van der Waals surface area contributed by atoms with E-state index in [1.165, 1.54) is 0 Å². The molecule has 0 atom stereocenters. The summed E-state index contributed by atoms with van der Waals surface area (Å²) < 4.78 is 0. The molecule has 0 aliphatic rings. The Kier molecular flexibility index (Phi) is 74.5. The highest BCUT2D eigenvalue weighted by Crippen LogP contribution is 1.80. The highest BCUT2D eigenvalue weighted by Gasteiger charge is 1.58. The second-order valence-corrected chi connectivity index (χ2v) is 3.84. The lowest BCUT2D eigenvalue weighted by molar-refractivity contribution is 1.61. The molecule has 0 saturated carbocycles. The Bertz CT molecular complexity index is 509. The van der Waals surface area contributed by atoms with Crippen LogP contribution in [0.3, 0.4) is 0 Å². The highest BCUT2D eigenvalue weighted by atomic mass is 32.1. The Morgan fingerprint density at radius 2 is 0.333 bits per heavy atom. The molecule has 0 heterocycles. The molecule has 0 saturated heterocycles. The van der Waals surface area contributed by atoms with Gasteiger partial charge in [-0.15, -0.1) is 0 Å². The molecule has 0 aromatic heterocycles. The predicted molar refractivity (Wildman–Crippen MR) is 129 cm³/mol. The summed E-state index contributed by atoms with van der Waals surface area (Å²) in [6.45, 7) is 0. The van der Waals surface area contributed by atoms with E-state index in [1.807, 2.05) is 72.8 Å². The lowest BCUT2D eigenvalue weighted by Gasteiger charge is -1.69. The number of thiocarbonyl (C=S) groups is 5. The zero-order chi connectivity index (χ0) is 22.0. The Hall–Kier alpha value is -2.56. The van der Waals surface area contributed by atoms with Gasteiger partial charge in [0, 0.05) is 0 Å². The Labute approximate surface area is 186 Å². The van der Waals surface area contributed by atoms with Gasteiger partial charge in [-0.25, -0.2) is 27.0 Å². The van der Waals surface area contributed by atoms with Gasteiger partial charge in [0.05, 0.1) is 25.8 Å². The fourth-order valence-corrected chi connectivity index (χ4v) is 0.770. The first kappa shape index (κ1) is 35.5. The summed E-state index contributed by atoms with van der Waals surface area (Å²) in [6, 6.07) is 24.0. The summed E-state index contributed by atoms with van der Waals surface area (Å²) in [5.74, 6) is 0. The van der Waals surface area contributed by atoms with Crippen LogP contribution in [-0.2, 0) is 0 Å². The molecule has 0 spiro atoms. The van der Waals surface area contributed by atoms with Crippen LogP contribution in [0.15, 0.2) is 72.8 Å². The molecule has 0 fully saturated rings. The molecule has 10 heteroatoms. The lowest BCUT2D eigenvalue weighted by Crippen LogP contribution is -1.47. The van der Waals surface area contributed by atoms with Gasteiger partial charge in [0.25, 0.3) is 0 Å². The number of benzene rings is 2. The average Bonchev–Trinajstić information content (AvgIpc) is 2.68. The first-order valence-corrected chi connectivity index (χ1v) is 8.31. The van der Waals surface area contributed by atoms with Crippen molar-refractivity contribution in [3.63, 3.8) is 0 Å². The van der Waals surface area contributed by atoms with Crippen LogP contribution in [0.25, 0.3) is 0 Å². The van der Waals surface area contributed by atoms with E-state index in [9.17, 15) is 0 Å². The molecule has 0 amide bonds. The molecule has 140 valence electrons. The van der Waals surface area contributed by atoms with Crippen molar-refractivity contribution in [2.75, 3.05) is 0 Å². The van der Waals surface area contributed by atoms with Crippen LogP contribution < -0.4 is 0 Å². The maximum Gasteiger partial charge on any atom is 0.0554 e. The third kappa shape index (κ3) is 121. The van der Waals surface area contributed by atoms with E-state index in [-0.39, 0.29) is 0 Å². The van der Waals surface area contributed by atoms with Crippen LogP contribution >= 0.6 is 61.1 Å². The molecule has 27 heavy (non-hydrogen) atoms. The van der Waals surface area contributed by atoms with E-state index in [0.717, 1.165) is 0 Å². The molecule has 0 aliphatic heterocycles. The van der Waals surface area contributed by atoms with Crippen LogP contribution in [0.5, 0.6) is 0 Å². The molecule has 5 nitrogen and oxygen atoms in total. The molecule has 2 aromatic carbocycles. The normalized spacial score (nSPS) is 5.04. The van der Waals surface area contributed by atoms with Crippen molar-refractivity contribution in [3.05, 3.63) is 72.8 Å². The highest BCUT2D eigenvalue weighted by molar-refractivity contribution is 7.78. The first-order valence-electron chi connectivity index (χ1n) is 6.27. The molecular formula is C17H17N5S5. The summed E-state index contributed by atoms with van der Waals surface area (Å²) >= 11 is 19.1. The number of hydrogen-bond donors (Lipinski definition) is 5. The van der Waals surface area contributed by atoms with E-state index in [1.54, 1.807) is 25.8 Å². The third-order valence-electron chi connectivity index (χ3n) is 1.33. The summed E-state index contributed by atoms with van der Waals surface area (Å²) in [5, 5.41) is 36.8. The first-order chi connectivity index (χ1) is 13.1. The van der Waals surface area contributed by atoms with Gasteiger partial charge in [-0.1, -0.05) is 72.8 Å². The SMILES string of the molecule is N=C=S.N=C=S.N=C=S.N=C=S.N=C=S.c1ccccc1.c1ccccc1. The molecular weight excluding hydrogens is 435 g/mol. The molecule has 0 unspecified atom stereocenters. The maximum absolute atomic E-state index is 5.77. The number of isothiocyanates is 5. The van der Waals surface area contributed by atoms with Gasteiger partial charge in [-0.2, -0.15) is 0 Å². The Morgan fingerprint density at radius 3 is 0.370 bits per heavy atom. The van der Waals surface area contributed by atoms with Crippen LogP contribution in [-0.4, -0.2) is 25.8 Å². The standard InChI is InChI=1S/2C6H6.5CHNS/c2*1-2-4-6-5-3-1;5*2-1-3/h2*1-6H;5*2H. The van der Waals surface area contributed by atoms with E-state index in [4.69, 9.17) is 27.0 Å². The average molecular weight is 452 g/mol. The van der Waals surface area contributed by atoms with Crippen LogP contribution in [0.1, 0.15) is 0 Å². The minimum absolute atomic E-state index is 1.58. The van der Waals surface area contributed by atoms with Gasteiger partial charge >= 0.3 is 0 Å². The minimum atomic E-state index is 1.58. The molecule has 0 aliphatic carbocycles. The largest absolute Gasteiger partial charge is 0.248 e. The summed E-state index contributed by atoms with van der Waals surface area (Å²) in [6.07, 6.45) is 0. The summed E-state index contributed by atoms with van der Waals surface area (Å²) in [5.41, 5.74) is 0. The van der Waals surface area contributed by atoms with Crippen LogP contribution in [0.4, 0.5) is 0 Å². The lowest BCUT2D eigenvalue weighted by atomic mass is 10.4. The fourth-order valence-electron chi connectivity index (χ4n) is 0.770. The monoisotopic (exact) mass is 451 g/mol. The van der Waals surface area contributed by atoms with Gasteiger partial charge in [-0.05, 0) is 61.1 Å². The van der Waals surface area contributed by atoms with Crippen molar-refractivity contribution in [2.45, 2.75) is 0 Å². The second kappa shape index (κ2) is 56.6. The van der Waals surface area contributed by atoms with Crippen molar-refractivity contribution < 1.29 is 0 Å². The zero-order valence-corrected chi connectivity index (χ0v) is 18.1. The smallest absolute Gasteiger partial charge is 0.0554 e. The van der Waals surface area contributed by atoms with Crippen molar-refractivity contribution in [1.82, 2.24) is 0 Å². The van der Waals surface area contributed by atoms with E-state index in [2.05, 4.69) is 61.1 Å². The van der Waals surface area contributed by atoms with Gasteiger partial charge in [0.15, 0.2) is 0 Å². The van der Waals surface area contributed by atoms with E-state index in [0.29, 0.717) is 0 Å². The third-order valence-corrected chi connectivity index (χ3v) is 1.33. The number of hydrogen-bond acceptors (Lipinski definition) is 10. The van der Waals surface area contributed by atoms with Gasteiger partial charge in [0.1, 0.15) is 0 Å². The predicted octanol–water partition coefficient (Wildman–Crippen LogP) is 6.71. The molecule has 2 aromatic rings. The van der Waals surface area contributed by atoms with Crippen molar-refractivity contribution in [2.24, 2.45) is 0 Å². The maximum atomic E-state index is 5.77. The van der Waals surface area contributed by atoms with Crippen molar-refractivity contribution >= 4 is 86.9 Å². The van der Waals surface area contributed by atoms with E-state index < -0.39 is 0 Å². The quantitative estimate of drug-likeness (QED) is 0.225. The number of nitrogens with one attached hydrogen (secondary N) is 5. The fraction of sp³-hybridized carbons (Fsp3) is 0. The summed E-state index contributed by atoms with van der Waals surface area (Å²) in [4.78, 5) is 0. The molecule has 2 rings (SSSR count). The van der Waals surface area contributed by atoms with Gasteiger partial charge < -0.3 is 0 Å². The Morgan fingerprint density at radius 1 is 0.296 bits per heavy atom. The van der Waals surface area contributed by atoms with E-state index >= 15 is 0 Å². The van der Waals surface area contributed by atoms with Gasteiger partial charge in [-0.3, -0.25) is 0 Å². The Balaban J connectivity index is -0.0000000725.